The largest absolute Gasteiger partial charge is 0.369 e. The van der Waals surface area contributed by atoms with Gasteiger partial charge in [0.05, 0.1) is 0 Å². The lowest BCUT2D eigenvalue weighted by Gasteiger charge is -2.18. The van der Waals surface area contributed by atoms with Crippen LogP contribution in [0.5, 0.6) is 0 Å². The third-order valence-corrected chi connectivity index (χ3v) is 1.54. The van der Waals surface area contributed by atoms with Crippen LogP contribution >= 0.6 is 12.4 Å². The van der Waals surface area contributed by atoms with Crippen LogP contribution in [0.1, 0.15) is 33.6 Å². The fourth-order valence-corrected chi connectivity index (χ4v) is 0.748. The van der Waals surface area contributed by atoms with E-state index in [0.717, 1.165) is 12.8 Å². The van der Waals surface area contributed by atoms with Crippen molar-refractivity contribution in [2.24, 2.45) is 11.1 Å². The number of hydrogen-bond donors (Lipinski definition) is 1. The van der Waals surface area contributed by atoms with E-state index in [2.05, 4.69) is 0 Å². The molecule has 0 saturated heterocycles. The Hall–Kier alpha value is -0.240. The van der Waals surface area contributed by atoms with Crippen LogP contribution in [0.15, 0.2) is 0 Å². The minimum absolute atomic E-state index is 0. The van der Waals surface area contributed by atoms with Crippen LogP contribution < -0.4 is 5.73 Å². The maximum atomic E-state index is 10.6. The summed E-state index contributed by atoms with van der Waals surface area (Å²) in [5, 5.41) is 0. The van der Waals surface area contributed by atoms with Crippen molar-refractivity contribution >= 4 is 18.3 Å². The molecule has 0 bridgehead atoms. The first-order chi connectivity index (χ1) is 4.00. The summed E-state index contributed by atoms with van der Waals surface area (Å²) < 4.78 is 0. The Labute approximate surface area is 68.6 Å². The topological polar surface area (TPSA) is 43.1 Å². The zero-order valence-corrected chi connectivity index (χ0v) is 7.62. The van der Waals surface area contributed by atoms with E-state index in [1.807, 2.05) is 20.8 Å². The van der Waals surface area contributed by atoms with Crippen molar-refractivity contribution in [3.63, 3.8) is 0 Å². The second kappa shape index (κ2) is 4.56. The van der Waals surface area contributed by atoms with Crippen LogP contribution in [0.3, 0.4) is 0 Å². The molecule has 0 aromatic rings. The Morgan fingerprint density at radius 1 is 1.50 bits per heavy atom. The first kappa shape index (κ1) is 12.4. The van der Waals surface area contributed by atoms with Crippen molar-refractivity contribution in [3.8, 4) is 0 Å². The normalized spacial score (nSPS) is 10.3. The number of amides is 1. The Bertz CT molecular complexity index is 112. The highest BCUT2D eigenvalue weighted by Crippen LogP contribution is 2.20. The van der Waals surface area contributed by atoms with Crippen molar-refractivity contribution in [1.29, 1.82) is 0 Å². The molecule has 0 radical (unpaired) electrons. The van der Waals surface area contributed by atoms with Gasteiger partial charge in [-0.15, -0.1) is 12.4 Å². The smallest absolute Gasteiger partial charge is 0.223 e. The minimum atomic E-state index is -0.311. The van der Waals surface area contributed by atoms with Crippen LogP contribution in [-0.2, 0) is 4.79 Å². The van der Waals surface area contributed by atoms with Crippen LogP contribution in [0, 0.1) is 5.41 Å². The molecule has 1 amide bonds. The number of hydrogen-bond acceptors (Lipinski definition) is 1. The summed E-state index contributed by atoms with van der Waals surface area (Å²) in [4.78, 5) is 10.6. The maximum Gasteiger partial charge on any atom is 0.223 e. The van der Waals surface area contributed by atoms with Crippen LogP contribution in [0.2, 0.25) is 0 Å². The molecule has 2 nitrogen and oxygen atoms in total. The Morgan fingerprint density at radius 2 is 1.90 bits per heavy atom. The van der Waals surface area contributed by atoms with E-state index < -0.39 is 0 Å². The number of primary amides is 1. The lowest BCUT2D eigenvalue weighted by Crippen LogP contribution is -2.31. The summed E-state index contributed by atoms with van der Waals surface area (Å²) >= 11 is 0. The lowest BCUT2D eigenvalue weighted by atomic mass is 9.88. The predicted octanol–water partition coefficient (Wildman–Crippen LogP) is 1.72. The Balaban J connectivity index is 0. The van der Waals surface area contributed by atoms with E-state index >= 15 is 0 Å². The molecule has 0 aromatic heterocycles. The number of rotatable bonds is 3. The molecule has 0 aromatic carbocycles. The van der Waals surface area contributed by atoms with Gasteiger partial charge >= 0.3 is 0 Å². The number of carbonyl (C=O) groups excluding carboxylic acids is 1. The van der Waals surface area contributed by atoms with Gasteiger partial charge in [-0.2, -0.15) is 0 Å². The summed E-state index contributed by atoms with van der Waals surface area (Å²) in [5.74, 6) is -0.204. The highest BCUT2D eigenvalue weighted by molar-refractivity contribution is 5.85. The third kappa shape index (κ3) is 3.72. The molecule has 0 saturated carbocycles. The molecule has 0 fully saturated rings. The maximum absolute atomic E-state index is 10.6. The molecule has 10 heavy (non-hydrogen) atoms. The van der Waals surface area contributed by atoms with Crippen LogP contribution in [0.25, 0.3) is 0 Å². The number of halogens is 1. The molecule has 0 aliphatic carbocycles. The van der Waals surface area contributed by atoms with Crippen molar-refractivity contribution in [1.82, 2.24) is 0 Å². The fraction of sp³-hybridized carbons (Fsp3) is 0.857. The quantitative estimate of drug-likeness (QED) is 0.680. The lowest BCUT2D eigenvalue weighted by molar-refractivity contribution is -0.126. The summed E-state index contributed by atoms with van der Waals surface area (Å²) in [5.41, 5.74) is 4.81. The monoisotopic (exact) mass is 165 g/mol. The summed E-state index contributed by atoms with van der Waals surface area (Å²) in [6, 6.07) is 0. The van der Waals surface area contributed by atoms with Crippen molar-refractivity contribution < 1.29 is 4.79 Å². The summed E-state index contributed by atoms with van der Waals surface area (Å²) in [7, 11) is 0. The highest BCUT2D eigenvalue weighted by atomic mass is 35.5. The highest BCUT2D eigenvalue weighted by Gasteiger charge is 2.22. The first-order valence-electron chi connectivity index (χ1n) is 3.30. The molecule has 2 N–H and O–H groups in total. The fourth-order valence-electron chi connectivity index (χ4n) is 0.748. The third-order valence-electron chi connectivity index (χ3n) is 1.54. The van der Waals surface area contributed by atoms with Gasteiger partial charge in [0.15, 0.2) is 0 Å². The van der Waals surface area contributed by atoms with Crippen molar-refractivity contribution in [3.05, 3.63) is 0 Å². The van der Waals surface area contributed by atoms with Crippen LogP contribution in [0.4, 0.5) is 0 Å². The first-order valence-corrected chi connectivity index (χ1v) is 3.30. The van der Waals surface area contributed by atoms with Crippen molar-refractivity contribution in [2.75, 3.05) is 0 Å². The molecule has 3 heteroatoms. The SMILES string of the molecule is CCCC(C)(C)C(N)=O.Cl. The standard InChI is InChI=1S/C7H15NO.ClH/c1-4-5-7(2,3)6(8)9;/h4-5H2,1-3H3,(H2,8,9);1H. The van der Waals surface area contributed by atoms with E-state index in [1.165, 1.54) is 0 Å². The van der Waals surface area contributed by atoms with Crippen molar-refractivity contribution in [2.45, 2.75) is 33.6 Å². The van der Waals surface area contributed by atoms with Gasteiger partial charge in [-0.25, -0.2) is 0 Å². The van der Waals surface area contributed by atoms with Gasteiger partial charge in [0.2, 0.25) is 5.91 Å². The number of nitrogens with two attached hydrogens (primary N) is 1. The molecule has 0 heterocycles. The summed E-state index contributed by atoms with van der Waals surface area (Å²) in [6.07, 6.45) is 1.89. The van der Waals surface area contributed by atoms with E-state index in [4.69, 9.17) is 5.73 Å². The van der Waals surface area contributed by atoms with Gasteiger partial charge in [0.25, 0.3) is 0 Å². The van der Waals surface area contributed by atoms with Gasteiger partial charge in [-0.1, -0.05) is 27.2 Å². The molecule has 62 valence electrons. The zero-order valence-electron chi connectivity index (χ0n) is 6.81. The molecule has 0 rings (SSSR count). The average Bonchev–Trinajstić information content (AvgIpc) is 1.65. The average molecular weight is 166 g/mol. The number of carbonyl (C=O) groups is 1. The zero-order chi connectivity index (χ0) is 7.49. The summed E-state index contributed by atoms with van der Waals surface area (Å²) in [6.45, 7) is 5.79. The van der Waals surface area contributed by atoms with Gasteiger partial charge < -0.3 is 5.73 Å². The molecule has 0 aliphatic rings. The van der Waals surface area contributed by atoms with E-state index in [9.17, 15) is 4.79 Å². The van der Waals surface area contributed by atoms with Gasteiger partial charge in [-0.3, -0.25) is 4.79 Å². The van der Waals surface area contributed by atoms with Crippen LogP contribution in [-0.4, -0.2) is 5.91 Å². The van der Waals surface area contributed by atoms with E-state index in [1.54, 1.807) is 0 Å². The van der Waals surface area contributed by atoms with E-state index in [-0.39, 0.29) is 23.7 Å². The Morgan fingerprint density at radius 3 is 2.00 bits per heavy atom. The molecule has 0 aliphatic heterocycles. The Kier molecular flexibility index (Phi) is 5.67. The van der Waals surface area contributed by atoms with Gasteiger partial charge in [0, 0.05) is 5.41 Å². The van der Waals surface area contributed by atoms with E-state index in [0.29, 0.717) is 0 Å². The predicted molar refractivity (Wildman–Crippen MR) is 45.1 cm³/mol. The second-order valence-electron chi connectivity index (χ2n) is 3.00. The molecular weight excluding hydrogens is 150 g/mol. The molecule has 0 spiro atoms. The molecule has 0 unspecified atom stereocenters. The molecule has 0 atom stereocenters. The molecular formula is C7H16ClNO. The second-order valence-corrected chi connectivity index (χ2v) is 3.00. The van der Waals surface area contributed by atoms with Gasteiger partial charge in [0.1, 0.15) is 0 Å². The van der Waals surface area contributed by atoms with Gasteiger partial charge in [-0.05, 0) is 6.42 Å². The minimum Gasteiger partial charge on any atom is -0.369 e.